The number of nitrogens with zero attached hydrogens (tertiary/aromatic N) is 6. The number of benzene rings is 1. The number of halogens is 3. The molecule has 170 valence electrons. The van der Waals surface area contributed by atoms with Gasteiger partial charge in [-0.2, -0.15) is 18.3 Å². The van der Waals surface area contributed by atoms with Crippen LogP contribution >= 0.6 is 12.8 Å². The summed E-state index contributed by atoms with van der Waals surface area (Å²) in [6, 6.07) is 10.0. The van der Waals surface area contributed by atoms with E-state index in [9.17, 15) is 18.0 Å². The monoisotopic (exact) mass is 473 g/mol. The van der Waals surface area contributed by atoms with Crippen molar-refractivity contribution in [1.29, 1.82) is 0 Å². The Labute approximate surface area is 192 Å². The fourth-order valence-electron chi connectivity index (χ4n) is 3.08. The van der Waals surface area contributed by atoms with Crippen LogP contribution in [-0.4, -0.2) is 43.5 Å². The standard InChI is InChI=1S/C21H18F3N7OS/c1-13-3-2-4-14(7-13)10-30-11-15(8-27-30)17-9-25-16-5-6-18(29-19(16)28-17)31(33)20(32)26-12-21(22,23)24/h2-9,11,33H,10,12H2,1H3,(H,26,32). The average Bonchev–Trinajstić information content (AvgIpc) is 3.24. The fraction of sp³-hybridized carbons (Fsp3) is 0.190. The largest absolute Gasteiger partial charge is 0.405 e. The van der Waals surface area contributed by atoms with Crippen molar-refractivity contribution in [2.24, 2.45) is 0 Å². The molecule has 0 spiro atoms. The van der Waals surface area contributed by atoms with Crippen LogP contribution < -0.4 is 9.62 Å². The smallest absolute Gasteiger partial charge is 0.328 e. The van der Waals surface area contributed by atoms with E-state index in [0.717, 1.165) is 16.7 Å². The van der Waals surface area contributed by atoms with Crippen LogP contribution in [0.4, 0.5) is 23.8 Å². The SMILES string of the molecule is Cc1cccc(Cn2cc(-c3cnc4ccc(N(S)C(=O)NCC(F)(F)F)nc4n3)cn2)c1. The van der Waals surface area contributed by atoms with Gasteiger partial charge < -0.3 is 5.32 Å². The van der Waals surface area contributed by atoms with Crippen LogP contribution in [0.3, 0.4) is 0 Å². The summed E-state index contributed by atoms with van der Waals surface area (Å²) in [5, 5.41) is 6.10. The number of alkyl halides is 3. The zero-order chi connectivity index (χ0) is 23.6. The molecule has 4 aromatic rings. The number of hydrogen-bond donors (Lipinski definition) is 2. The molecule has 0 atom stereocenters. The molecule has 0 saturated heterocycles. The minimum absolute atomic E-state index is 0.00657. The van der Waals surface area contributed by atoms with Crippen molar-refractivity contribution in [3.05, 3.63) is 66.1 Å². The number of nitrogens with one attached hydrogen (secondary N) is 1. The summed E-state index contributed by atoms with van der Waals surface area (Å²) in [4.78, 5) is 24.9. The zero-order valence-corrected chi connectivity index (χ0v) is 18.2. The molecule has 3 heterocycles. The highest BCUT2D eigenvalue weighted by molar-refractivity contribution is 7.82. The van der Waals surface area contributed by atoms with E-state index >= 15 is 0 Å². The van der Waals surface area contributed by atoms with Crippen molar-refractivity contribution in [2.45, 2.75) is 19.6 Å². The third-order valence-electron chi connectivity index (χ3n) is 4.60. The first kappa shape index (κ1) is 22.5. The maximum atomic E-state index is 12.3. The third-order valence-corrected chi connectivity index (χ3v) is 4.98. The number of pyridine rings is 1. The van der Waals surface area contributed by atoms with E-state index in [0.29, 0.717) is 22.1 Å². The lowest BCUT2D eigenvalue weighted by molar-refractivity contribution is -0.122. The molecule has 0 unspecified atom stereocenters. The molecule has 0 aliphatic carbocycles. The second-order valence-electron chi connectivity index (χ2n) is 7.27. The van der Waals surface area contributed by atoms with Crippen molar-refractivity contribution in [3.8, 4) is 11.3 Å². The highest BCUT2D eigenvalue weighted by Gasteiger charge is 2.29. The highest BCUT2D eigenvalue weighted by Crippen LogP contribution is 2.22. The van der Waals surface area contributed by atoms with Gasteiger partial charge in [-0.15, -0.1) is 0 Å². The number of amides is 2. The number of aromatic nitrogens is 5. The van der Waals surface area contributed by atoms with Gasteiger partial charge in [0.1, 0.15) is 17.9 Å². The molecule has 2 amide bonds. The average molecular weight is 473 g/mol. The summed E-state index contributed by atoms with van der Waals surface area (Å²) in [6.45, 7) is 1.13. The van der Waals surface area contributed by atoms with Gasteiger partial charge in [0.15, 0.2) is 5.65 Å². The molecular weight excluding hydrogens is 455 g/mol. The van der Waals surface area contributed by atoms with E-state index in [1.165, 1.54) is 6.07 Å². The van der Waals surface area contributed by atoms with Crippen molar-refractivity contribution in [1.82, 2.24) is 30.0 Å². The number of fused-ring (bicyclic) bond motifs is 1. The molecule has 3 aromatic heterocycles. The van der Waals surface area contributed by atoms with Crippen molar-refractivity contribution >= 4 is 35.8 Å². The Bertz CT molecular complexity index is 1310. The predicted octanol–water partition coefficient (Wildman–Crippen LogP) is 4.17. The van der Waals surface area contributed by atoms with Crippen LogP contribution in [0.25, 0.3) is 22.4 Å². The Morgan fingerprint density at radius 3 is 2.76 bits per heavy atom. The highest BCUT2D eigenvalue weighted by atomic mass is 32.1. The summed E-state index contributed by atoms with van der Waals surface area (Å²) in [7, 11) is 0. The number of urea groups is 1. The Hall–Kier alpha value is -3.67. The molecule has 12 heteroatoms. The molecular formula is C21H18F3N7OS. The van der Waals surface area contributed by atoms with E-state index in [1.807, 2.05) is 31.3 Å². The Morgan fingerprint density at radius 2 is 2.00 bits per heavy atom. The van der Waals surface area contributed by atoms with Crippen LogP contribution in [0.5, 0.6) is 0 Å². The zero-order valence-electron chi connectivity index (χ0n) is 17.3. The molecule has 33 heavy (non-hydrogen) atoms. The summed E-state index contributed by atoms with van der Waals surface area (Å²) in [6.07, 6.45) is 0.528. The number of carbonyl (C=O) groups is 1. The molecule has 0 fully saturated rings. The normalized spacial score (nSPS) is 11.5. The number of carbonyl (C=O) groups excluding carboxylic acids is 1. The lowest BCUT2D eigenvalue weighted by atomic mass is 10.1. The first-order valence-corrected chi connectivity index (χ1v) is 10.1. The van der Waals surface area contributed by atoms with Gasteiger partial charge in [0.05, 0.1) is 24.6 Å². The summed E-state index contributed by atoms with van der Waals surface area (Å²) in [5.41, 5.74) is 4.15. The van der Waals surface area contributed by atoms with E-state index in [1.54, 1.807) is 28.5 Å². The van der Waals surface area contributed by atoms with E-state index in [4.69, 9.17) is 0 Å². The lowest BCUT2D eigenvalue weighted by Crippen LogP contribution is -2.40. The lowest BCUT2D eigenvalue weighted by Gasteiger charge is -2.16. The Balaban J connectivity index is 1.54. The van der Waals surface area contributed by atoms with Crippen LogP contribution in [0.15, 0.2) is 55.0 Å². The topological polar surface area (TPSA) is 88.8 Å². The van der Waals surface area contributed by atoms with Crippen LogP contribution in [-0.2, 0) is 6.54 Å². The van der Waals surface area contributed by atoms with E-state index in [2.05, 4.69) is 38.9 Å². The maximum Gasteiger partial charge on any atom is 0.405 e. The quantitative estimate of drug-likeness (QED) is 0.425. The van der Waals surface area contributed by atoms with Gasteiger partial charge in [-0.25, -0.2) is 19.1 Å². The maximum absolute atomic E-state index is 12.3. The van der Waals surface area contributed by atoms with Gasteiger partial charge in [-0.1, -0.05) is 42.6 Å². The van der Waals surface area contributed by atoms with Crippen LogP contribution in [0, 0.1) is 6.92 Å². The Morgan fingerprint density at radius 1 is 1.18 bits per heavy atom. The molecule has 8 nitrogen and oxygen atoms in total. The second kappa shape index (κ2) is 9.06. The number of anilines is 1. The molecule has 1 N–H and O–H groups in total. The number of rotatable bonds is 5. The predicted molar refractivity (Wildman–Crippen MR) is 120 cm³/mol. The Kier molecular flexibility index (Phi) is 6.18. The van der Waals surface area contributed by atoms with Gasteiger partial charge in [0.2, 0.25) is 0 Å². The van der Waals surface area contributed by atoms with Gasteiger partial charge in [-0.3, -0.25) is 9.67 Å². The third kappa shape index (κ3) is 5.58. The number of hydrogen-bond acceptors (Lipinski definition) is 6. The summed E-state index contributed by atoms with van der Waals surface area (Å²) in [5.74, 6) is 0.00657. The molecule has 0 aliphatic heterocycles. The molecule has 0 bridgehead atoms. The molecule has 0 saturated carbocycles. The fourth-order valence-corrected chi connectivity index (χ4v) is 3.26. The van der Waals surface area contributed by atoms with Crippen molar-refractivity contribution in [3.63, 3.8) is 0 Å². The molecule has 0 radical (unpaired) electrons. The number of thiol groups is 1. The molecule has 4 rings (SSSR count). The summed E-state index contributed by atoms with van der Waals surface area (Å²) >= 11 is 3.95. The van der Waals surface area contributed by atoms with Crippen molar-refractivity contribution in [2.75, 3.05) is 10.8 Å². The summed E-state index contributed by atoms with van der Waals surface area (Å²) < 4.78 is 39.5. The first-order chi connectivity index (χ1) is 15.7. The minimum Gasteiger partial charge on any atom is -0.328 e. The van der Waals surface area contributed by atoms with Crippen molar-refractivity contribution < 1.29 is 18.0 Å². The van der Waals surface area contributed by atoms with Crippen LogP contribution in [0.1, 0.15) is 11.1 Å². The minimum atomic E-state index is -4.54. The van der Waals surface area contributed by atoms with Gasteiger partial charge >= 0.3 is 12.2 Å². The van der Waals surface area contributed by atoms with Gasteiger partial charge in [-0.05, 0) is 24.6 Å². The van der Waals surface area contributed by atoms with Crippen LogP contribution in [0.2, 0.25) is 0 Å². The molecule has 0 aliphatic rings. The van der Waals surface area contributed by atoms with E-state index < -0.39 is 18.8 Å². The van der Waals surface area contributed by atoms with Gasteiger partial charge in [0, 0.05) is 11.8 Å². The van der Waals surface area contributed by atoms with E-state index in [-0.39, 0.29) is 11.5 Å². The second-order valence-corrected chi connectivity index (χ2v) is 7.67. The van der Waals surface area contributed by atoms with Gasteiger partial charge in [0.25, 0.3) is 0 Å². The first-order valence-electron chi connectivity index (χ1n) is 9.74. The molecule has 1 aromatic carbocycles. The number of aryl methyl sites for hydroxylation is 1.